The second-order valence-electron chi connectivity index (χ2n) is 5.59. The Kier molecular flexibility index (Phi) is 3.90. The highest BCUT2D eigenvalue weighted by Gasteiger charge is 2.20. The van der Waals surface area contributed by atoms with Crippen LogP contribution in [0.4, 0.5) is 5.82 Å². The van der Waals surface area contributed by atoms with Crippen molar-refractivity contribution in [2.24, 2.45) is 5.92 Å². The van der Waals surface area contributed by atoms with Crippen LogP contribution in [0.15, 0.2) is 46.0 Å². The molecular formula is C16H19N3O2. The van der Waals surface area contributed by atoms with Gasteiger partial charge < -0.3 is 4.90 Å². The molecule has 1 aliphatic rings. The van der Waals surface area contributed by atoms with E-state index in [9.17, 15) is 9.59 Å². The zero-order valence-electron chi connectivity index (χ0n) is 11.8. The molecule has 1 saturated heterocycles. The van der Waals surface area contributed by atoms with Gasteiger partial charge in [0.25, 0.3) is 5.56 Å². The van der Waals surface area contributed by atoms with Crippen LogP contribution in [0.2, 0.25) is 0 Å². The van der Waals surface area contributed by atoms with Crippen molar-refractivity contribution in [2.75, 3.05) is 18.0 Å². The maximum absolute atomic E-state index is 11.4. The lowest BCUT2D eigenvalue weighted by Gasteiger charge is -2.33. The number of hydrogen-bond acceptors (Lipinski definition) is 3. The van der Waals surface area contributed by atoms with Crippen LogP contribution in [0.1, 0.15) is 18.4 Å². The molecule has 1 aromatic heterocycles. The standard InChI is InChI=1S/C16H19N3O2/c20-15-11-14(17-16(21)18-15)19-8-6-13(7-9-19)10-12-4-2-1-3-5-12/h1-5,11,13H,6-10H2,(H2,17,18,20,21). The Morgan fingerprint density at radius 2 is 1.76 bits per heavy atom. The summed E-state index contributed by atoms with van der Waals surface area (Å²) in [6.07, 6.45) is 3.24. The number of benzene rings is 1. The fourth-order valence-corrected chi connectivity index (χ4v) is 2.95. The first-order valence-electron chi connectivity index (χ1n) is 7.33. The summed E-state index contributed by atoms with van der Waals surface area (Å²) in [7, 11) is 0. The third kappa shape index (κ3) is 3.42. The van der Waals surface area contributed by atoms with Crippen molar-refractivity contribution in [1.29, 1.82) is 0 Å². The minimum absolute atomic E-state index is 0.347. The van der Waals surface area contributed by atoms with Crippen LogP contribution >= 0.6 is 0 Å². The quantitative estimate of drug-likeness (QED) is 0.898. The lowest BCUT2D eigenvalue weighted by molar-refractivity contribution is 0.402. The Balaban J connectivity index is 1.62. The number of nitrogens with zero attached hydrogens (tertiary/aromatic N) is 1. The smallest absolute Gasteiger partial charge is 0.327 e. The largest absolute Gasteiger partial charge is 0.358 e. The maximum atomic E-state index is 11.4. The second-order valence-corrected chi connectivity index (χ2v) is 5.59. The van der Waals surface area contributed by atoms with E-state index in [1.807, 2.05) is 6.07 Å². The molecule has 2 heterocycles. The van der Waals surface area contributed by atoms with E-state index in [-0.39, 0.29) is 5.56 Å². The van der Waals surface area contributed by atoms with Crippen LogP contribution in [0.3, 0.4) is 0 Å². The number of anilines is 1. The van der Waals surface area contributed by atoms with Gasteiger partial charge in [-0.25, -0.2) is 4.79 Å². The Labute approximate surface area is 122 Å². The van der Waals surface area contributed by atoms with Crippen LogP contribution in [0.5, 0.6) is 0 Å². The Morgan fingerprint density at radius 3 is 2.43 bits per heavy atom. The van der Waals surface area contributed by atoms with Crippen LogP contribution < -0.4 is 16.1 Å². The summed E-state index contributed by atoms with van der Waals surface area (Å²) < 4.78 is 0. The predicted molar refractivity (Wildman–Crippen MR) is 82.8 cm³/mol. The summed E-state index contributed by atoms with van der Waals surface area (Å²) in [6, 6.07) is 12.0. The van der Waals surface area contributed by atoms with Gasteiger partial charge in [0.05, 0.1) is 0 Å². The third-order valence-corrected chi connectivity index (χ3v) is 4.07. The summed E-state index contributed by atoms with van der Waals surface area (Å²) in [4.78, 5) is 29.7. The van der Waals surface area contributed by atoms with Crippen molar-refractivity contribution in [1.82, 2.24) is 9.97 Å². The summed E-state index contributed by atoms with van der Waals surface area (Å²) >= 11 is 0. The average Bonchev–Trinajstić information content (AvgIpc) is 2.48. The number of piperidine rings is 1. The fraction of sp³-hybridized carbons (Fsp3) is 0.375. The van der Waals surface area contributed by atoms with E-state index in [4.69, 9.17) is 0 Å². The van der Waals surface area contributed by atoms with Crippen molar-refractivity contribution in [3.8, 4) is 0 Å². The van der Waals surface area contributed by atoms with Crippen LogP contribution in [-0.2, 0) is 6.42 Å². The minimum Gasteiger partial charge on any atom is -0.358 e. The molecule has 0 bridgehead atoms. The molecule has 5 heteroatoms. The van der Waals surface area contributed by atoms with Gasteiger partial charge in [-0.1, -0.05) is 30.3 Å². The summed E-state index contributed by atoms with van der Waals surface area (Å²) in [5.41, 5.74) is 0.588. The topological polar surface area (TPSA) is 69.0 Å². The molecule has 0 radical (unpaired) electrons. The third-order valence-electron chi connectivity index (χ3n) is 4.07. The SMILES string of the molecule is O=c1cc(N2CCC(Cc3ccccc3)CC2)[nH]c(=O)[nH]1. The molecule has 0 atom stereocenters. The molecule has 0 amide bonds. The number of aromatic amines is 2. The number of nitrogens with one attached hydrogen (secondary N) is 2. The highest BCUT2D eigenvalue weighted by molar-refractivity contribution is 5.36. The summed E-state index contributed by atoms with van der Waals surface area (Å²) in [6.45, 7) is 1.74. The van der Waals surface area contributed by atoms with Crippen molar-refractivity contribution in [3.05, 3.63) is 62.8 Å². The van der Waals surface area contributed by atoms with Gasteiger partial charge in [0.15, 0.2) is 0 Å². The molecule has 1 aliphatic heterocycles. The normalized spacial score (nSPS) is 16.1. The first kappa shape index (κ1) is 13.7. The van der Waals surface area contributed by atoms with Gasteiger partial charge in [-0.05, 0) is 30.7 Å². The summed E-state index contributed by atoms with van der Waals surface area (Å²) in [5, 5.41) is 0. The minimum atomic E-state index is -0.441. The zero-order valence-corrected chi connectivity index (χ0v) is 11.8. The highest BCUT2D eigenvalue weighted by atomic mass is 16.2. The van der Waals surface area contributed by atoms with Gasteiger partial charge >= 0.3 is 5.69 Å². The van der Waals surface area contributed by atoms with Gasteiger partial charge in [-0.15, -0.1) is 0 Å². The molecular weight excluding hydrogens is 266 g/mol. The van der Waals surface area contributed by atoms with E-state index in [0.717, 1.165) is 32.4 Å². The van der Waals surface area contributed by atoms with Crippen LogP contribution in [0, 0.1) is 5.92 Å². The Morgan fingerprint density at radius 1 is 1.05 bits per heavy atom. The van der Waals surface area contributed by atoms with Gasteiger partial charge in [0.2, 0.25) is 0 Å². The summed E-state index contributed by atoms with van der Waals surface area (Å²) in [5.74, 6) is 1.29. The van der Waals surface area contributed by atoms with Crippen LogP contribution in [-0.4, -0.2) is 23.1 Å². The molecule has 1 aromatic carbocycles. The Hall–Kier alpha value is -2.30. The molecule has 5 nitrogen and oxygen atoms in total. The van der Waals surface area contributed by atoms with Gasteiger partial charge in [-0.2, -0.15) is 0 Å². The molecule has 1 fully saturated rings. The molecule has 21 heavy (non-hydrogen) atoms. The molecule has 3 rings (SSSR count). The van der Waals surface area contributed by atoms with Gasteiger partial charge in [-0.3, -0.25) is 14.8 Å². The highest BCUT2D eigenvalue weighted by Crippen LogP contribution is 2.23. The lowest BCUT2D eigenvalue weighted by atomic mass is 9.90. The molecule has 0 spiro atoms. The molecule has 110 valence electrons. The van der Waals surface area contributed by atoms with Crippen molar-refractivity contribution in [3.63, 3.8) is 0 Å². The Bertz CT molecular complexity index is 669. The van der Waals surface area contributed by atoms with Gasteiger partial charge in [0.1, 0.15) is 5.82 Å². The molecule has 2 N–H and O–H groups in total. The number of aromatic nitrogens is 2. The lowest BCUT2D eigenvalue weighted by Crippen LogP contribution is -2.37. The molecule has 0 unspecified atom stereocenters. The maximum Gasteiger partial charge on any atom is 0.327 e. The van der Waals surface area contributed by atoms with E-state index in [1.54, 1.807) is 0 Å². The number of hydrogen-bond donors (Lipinski definition) is 2. The monoisotopic (exact) mass is 285 g/mol. The van der Waals surface area contributed by atoms with E-state index >= 15 is 0 Å². The first-order valence-corrected chi connectivity index (χ1v) is 7.33. The number of rotatable bonds is 3. The molecule has 0 aliphatic carbocycles. The molecule has 0 saturated carbocycles. The van der Waals surface area contributed by atoms with Crippen LogP contribution in [0.25, 0.3) is 0 Å². The van der Waals surface area contributed by atoms with Crippen molar-refractivity contribution < 1.29 is 0 Å². The van der Waals surface area contributed by atoms with E-state index in [0.29, 0.717) is 11.7 Å². The number of H-pyrrole nitrogens is 2. The van der Waals surface area contributed by atoms with E-state index in [1.165, 1.54) is 11.6 Å². The zero-order chi connectivity index (χ0) is 14.7. The van der Waals surface area contributed by atoms with Gasteiger partial charge in [0, 0.05) is 19.2 Å². The van der Waals surface area contributed by atoms with Crippen molar-refractivity contribution in [2.45, 2.75) is 19.3 Å². The van der Waals surface area contributed by atoms with E-state index < -0.39 is 5.69 Å². The predicted octanol–water partition coefficient (Wildman–Crippen LogP) is 1.52. The first-order chi connectivity index (χ1) is 10.2. The fourth-order valence-electron chi connectivity index (χ4n) is 2.95. The molecule has 2 aromatic rings. The van der Waals surface area contributed by atoms with E-state index in [2.05, 4.69) is 39.1 Å². The van der Waals surface area contributed by atoms with Crippen molar-refractivity contribution >= 4 is 5.82 Å². The average molecular weight is 285 g/mol. The second kappa shape index (κ2) is 5.99.